The maximum absolute atomic E-state index is 13.6. The number of halogens is 2. The topological polar surface area (TPSA) is 50.4 Å². The standard InChI is InChI=1S/C15H8F2O3/c16-10-5-2-4-9(13(10)15(18)19)12-7-8-3-1-6-11(17)14(8)20-12/h1-7H,(H,18,19). The third-order valence-corrected chi connectivity index (χ3v) is 2.99. The number of carboxylic acids is 1. The van der Waals surface area contributed by atoms with Gasteiger partial charge in [0, 0.05) is 10.9 Å². The lowest BCUT2D eigenvalue weighted by molar-refractivity contribution is 0.0692. The van der Waals surface area contributed by atoms with Crippen LogP contribution < -0.4 is 0 Å². The van der Waals surface area contributed by atoms with Gasteiger partial charge in [-0.2, -0.15) is 0 Å². The van der Waals surface area contributed by atoms with Crippen molar-refractivity contribution in [1.82, 2.24) is 0 Å². The first-order valence-electron chi connectivity index (χ1n) is 5.78. The van der Waals surface area contributed by atoms with Crippen LogP contribution in [0.5, 0.6) is 0 Å². The molecule has 3 rings (SSSR count). The van der Waals surface area contributed by atoms with Crippen molar-refractivity contribution in [1.29, 1.82) is 0 Å². The largest absolute Gasteiger partial charge is 0.478 e. The van der Waals surface area contributed by atoms with Crippen molar-refractivity contribution in [3.8, 4) is 11.3 Å². The molecule has 0 saturated carbocycles. The summed E-state index contributed by atoms with van der Waals surface area (Å²) < 4.78 is 32.5. The molecule has 100 valence electrons. The van der Waals surface area contributed by atoms with Gasteiger partial charge in [-0.25, -0.2) is 13.6 Å². The number of furan rings is 1. The number of fused-ring (bicyclic) bond motifs is 1. The molecule has 2 aromatic carbocycles. The molecular weight excluding hydrogens is 266 g/mol. The van der Waals surface area contributed by atoms with Crippen LogP contribution in [0.25, 0.3) is 22.3 Å². The van der Waals surface area contributed by atoms with Crippen molar-refractivity contribution in [3.63, 3.8) is 0 Å². The average Bonchev–Trinajstić information content (AvgIpc) is 2.83. The lowest BCUT2D eigenvalue weighted by Crippen LogP contribution is -2.02. The first-order chi connectivity index (χ1) is 9.58. The maximum Gasteiger partial charge on any atom is 0.339 e. The van der Waals surface area contributed by atoms with Gasteiger partial charge in [0.25, 0.3) is 0 Å². The molecule has 3 aromatic rings. The molecule has 0 atom stereocenters. The minimum atomic E-state index is -1.40. The minimum absolute atomic E-state index is 0.0168. The summed E-state index contributed by atoms with van der Waals surface area (Å²) in [6, 6.07) is 9.71. The summed E-state index contributed by atoms with van der Waals surface area (Å²) in [5.41, 5.74) is -0.400. The number of hydrogen-bond donors (Lipinski definition) is 1. The fourth-order valence-corrected chi connectivity index (χ4v) is 2.11. The molecule has 0 amide bonds. The van der Waals surface area contributed by atoms with Crippen LogP contribution in [0.15, 0.2) is 46.9 Å². The molecule has 20 heavy (non-hydrogen) atoms. The Hall–Kier alpha value is -2.69. The van der Waals surface area contributed by atoms with E-state index in [1.165, 1.54) is 30.3 Å². The van der Waals surface area contributed by atoms with Gasteiger partial charge in [-0.3, -0.25) is 0 Å². The number of carbonyl (C=O) groups is 1. The van der Waals surface area contributed by atoms with Crippen molar-refractivity contribution in [3.05, 3.63) is 59.7 Å². The van der Waals surface area contributed by atoms with Gasteiger partial charge in [-0.1, -0.05) is 24.3 Å². The molecule has 1 heterocycles. The summed E-state index contributed by atoms with van der Waals surface area (Å²) in [6.45, 7) is 0. The molecule has 0 aliphatic carbocycles. The Labute approximate surface area is 112 Å². The molecule has 0 saturated heterocycles. The average molecular weight is 274 g/mol. The van der Waals surface area contributed by atoms with E-state index in [0.717, 1.165) is 6.07 Å². The van der Waals surface area contributed by atoms with E-state index in [9.17, 15) is 13.6 Å². The highest BCUT2D eigenvalue weighted by molar-refractivity contribution is 5.97. The smallest absolute Gasteiger partial charge is 0.339 e. The highest BCUT2D eigenvalue weighted by Crippen LogP contribution is 2.32. The quantitative estimate of drug-likeness (QED) is 0.766. The zero-order valence-electron chi connectivity index (χ0n) is 10.1. The van der Waals surface area contributed by atoms with Gasteiger partial charge >= 0.3 is 5.97 Å². The molecule has 3 nitrogen and oxygen atoms in total. The van der Waals surface area contributed by atoms with Crippen LogP contribution in [-0.4, -0.2) is 11.1 Å². The van der Waals surface area contributed by atoms with Gasteiger partial charge < -0.3 is 9.52 Å². The van der Waals surface area contributed by atoms with Crippen LogP contribution >= 0.6 is 0 Å². The fourth-order valence-electron chi connectivity index (χ4n) is 2.11. The Bertz CT molecular complexity index is 821. The zero-order chi connectivity index (χ0) is 14.3. The molecule has 0 radical (unpaired) electrons. The van der Waals surface area contributed by atoms with Crippen LogP contribution in [0.3, 0.4) is 0 Å². The normalized spacial score (nSPS) is 10.9. The molecule has 0 unspecified atom stereocenters. The predicted octanol–water partition coefficient (Wildman–Crippen LogP) is 4.08. The molecule has 0 bridgehead atoms. The summed E-state index contributed by atoms with van der Waals surface area (Å²) in [7, 11) is 0. The van der Waals surface area contributed by atoms with Gasteiger partial charge in [0.05, 0.1) is 0 Å². The second-order valence-electron chi connectivity index (χ2n) is 4.24. The van der Waals surface area contributed by atoms with E-state index in [1.54, 1.807) is 6.07 Å². The van der Waals surface area contributed by atoms with E-state index in [0.29, 0.717) is 5.39 Å². The third kappa shape index (κ3) is 1.84. The first kappa shape index (κ1) is 12.3. The van der Waals surface area contributed by atoms with Crippen LogP contribution in [-0.2, 0) is 0 Å². The molecule has 5 heteroatoms. The van der Waals surface area contributed by atoms with E-state index in [1.807, 2.05) is 0 Å². The number of rotatable bonds is 2. The Morgan fingerprint density at radius 3 is 2.45 bits per heavy atom. The number of hydrogen-bond acceptors (Lipinski definition) is 2. The van der Waals surface area contributed by atoms with Gasteiger partial charge in [0.1, 0.15) is 17.1 Å². The second-order valence-corrected chi connectivity index (χ2v) is 4.24. The van der Waals surface area contributed by atoms with E-state index < -0.39 is 23.2 Å². The number of para-hydroxylation sites is 1. The maximum atomic E-state index is 13.6. The van der Waals surface area contributed by atoms with Crippen molar-refractivity contribution in [2.45, 2.75) is 0 Å². The minimum Gasteiger partial charge on any atom is -0.478 e. The Morgan fingerprint density at radius 2 is 1.75 bits per heavy atom. The lowest BCUT2D eigenvalue weighted by Gasteiger charge is -2.03. The highest BCUT2D eigenvalue weighted by atomic mass is 19.1. The number of aromatic carboxylic acids is 1. The Morgan fingerprint density at radius 1 is 1.05 bits per heavy atom. The Balaban J connectivity index is 2.29. The Kier molecular flexibility index (Phi) is 2.75. The summed E-state index contributed by atoms with van der Waals surface area (Å²) in [6.07, 6.45) is 0. The zero-order valence-corrected chi connectivity index (χ0v) is 10.1. The molecule has 0 aliphatic heterocycles. The van der Waals surface area contributed by atoms with Crippen LogP contribution in [0, 0.1) is 11.6 Å². The molecule has 1 aromatic heterocycles. The van der Waals surface area contributed by atoms with Gasteiger partial charge in [0.2, 0.25) is 0 Å². The van der Waals surface area contributed by atoms with E-state index in [2.05, 4.69) is 0 Å². The summed E-state index contributed by atoms with van der Waals surface area (Å²) in [5, 5.41) is 9.57. The summed E-state index contributed by atoms with van der Waals surface area (Å²) in [4.78, 5) is 11.1. The van der Waals surface area contributed by atoms with Crippen LogP contribution in [0.4, 0.5) is 8.78 Å². The van der Waals surface area contributed by atoms with Crippen LogP contribution in [0.2, 0.25) is 0 Å². The lowest BCUT2D eigenvalue weighted by atomic mass is 10.0. The van der Waals surface area contributed by atoms with Crippen molar-refractivity contribution in [2.75, 3.05) is 0 Å². The molecular formula is C15H8F2O3. The third-order valence-electron chi connectivity index (χ3n) is 2.99. The van der Waals surface area contributed by atoms with Crippen molar-refractivity contribution >= 4 is 16.9 Å². The van der Waals surface area contributed by atoms with Gasteiger partial charge in [0.15, 0.2) is 11.4 Å². The first-order valence-corrected chi connectivity index (χ1v) is 5.78. The van der Waals surface area contributed by atoms with Crippen molar-refractivity contribution in [2.24, 2.45) is 0 Å². The van der Waals surface area contributed by atoms with Gasteiger partial charge in [-0.15, -0.1) is 0 Å². The predicted molar refractivity (Wildman–Crippen MR) is 68.5 cm³/mol. The molecule has 0 fully saturated rings. The van der Waals surface area contributed by atoms with Gasteiger partial charge in [-0.05, 0) is 18.2 Å². The van der Waals surface area contributed by atoms with E-state index >= 15 is 0 Å². The molecule has 1 N–H and O–H groups in total. The summed E-state index contributed by atoms with van der Waals surface area (Å²) in [5.74, 6) is -2.71. The molecule has 0 aliphatic rings. The van der Waals surface area contributed by atoms with Crippen LogP contribution in [0.1, 0.15) is 10.4 Å². The summed E-state index contributed by atoms with van der Waals surface area (Å²) >= 11 is 0. The van der Waals surface area contributed by atoms with E-state index in [-0.39, 0.29) is 16.9 Å². The second kappa shape index (κ2) is 4.45. The fraction of sp³-hybridized carbons (Fsp3) is 0. The van der Waals surface area contributed by atoms with Crippen molar-refractivity contribution < 1.29 is 23.1 Å². The number of carboxylic acid groups (broad SMARTS) is 1. The highest BCUT2D eigenvalue weighted by Gasteiger charge is 2.20. The van der Waals surface area contributed by atoms with E-state index in [4.69, 9.17) is 9.52 Å². The SMILES string of the molecule is O=C(O)c1c(F)cccc1-c1cc2cccc(F)c2o1. The number of benzene rings is 2. The molecule has 0 spiro atoms. The monoisotopic (exact) mass is 274 g/mol.